The van der Waals surface area contributed by atoms with Crippen molar-refractivity contribution >= 4 is 62.3 Å². The summed E-state index contributed by atoms with van der Waals surface area (Å²) in [5.74, 6) is 2.27. The Labute approximate surface area is 348 Å². The second-order valence-corrected chi connectivity index (χ2v) is 16.5. The number of urea groups is 1. The lowest BCUT2D eigenvalue weighted by atomic mass is 9.86. The van der Waals surface area contributed by atoms with Gasteiger partial charge in [-0.3, -0.25) is 4.79 Å². The Hall–Kier alpha value is -5.90. The summed E-state index contributed by atoms with van der Waals surface area (Å²) in [7, 11) is 3.83. The molecule has 1 saturated heterocycles. The Balaban J connectivity index is 1.12. The topological polar surface area (TPSA) is 158 Å². The number of nitrogens with zero attached hydrogens (tertiary/aromatic N) is 3. The highest BCUT2D eigenvalue weighted by molar-refractivity contribution is 7.85. The summed E-state index contributed by atoms with van der Waals surface area (Å²) >= 11 is 0. The number of carbonyl (C=O) groups excluding carboxylic acids is 2. The van der Waals surface area contributed by atoms with Crippen molar-refractivity contribution in [3.63, 3.8) is 0 Å². The molecular weight excluding hydrogens is 769 g/mol. The molecule has 59 heavy (non-hydrogen) atoms. The predicted octanol–water partition coefficient (Wildman–Crippen LogP) is 7.80. The van der Waals surface area contributed by atoms with Gasteiger partial charge in [-0.2, -0.15) is 0 Å². The lowest BCUT2D eigenvalue weighted by Gasteiger charge is -2.32. The number of methoxy groups -OCH3 is 2. The van der Waals surface area contributed by atoms with Crippen molar-refractivity contribution in [1.82, 2.24) is 20.1 Å². The number of hydrogen-bond donors (Lipinski definition) is 5. The van der Waals surface area contributed by atoms with E-state index in [2.05, 4.69) is 68.6 Å². The molecule has 2 heterocycles. The van der Waals surface area contributed by atoms with Gasteiger partial charge in [0.2, 0.25) is 0 Å². The quantitative estimate of drug-likeness (QED) is 0.0660. The minimum absolute atomic E-state index is 0.182. The summed E-state index contributed by atoms with van der Waals surface area (Å²) in [4.78, 5) is 35.8. The molecule has 3 amide bonds. The second-order valence-electron chi connectivity index (χ2n) is 15.4. The molecule has 6 rings (SSSR count). The summed E-state index contributed by atoms with van der Waals surface area (Å²) < 4.78 is 32.7. The van der Waals surface area contributed by atoms with Gasteiger partial charge in [-0.15, -0.1) is 0 Å². The standard InChI is InChI=1S/C44H54N8O6S/c1-44(2,3)29-25-36(41(57-6)37(26-29)50-59(7)55)49-43(54)48-35-15-16-38(33-12-9-8-11-32(33)35)58-31-17-19-45-40(28-31)47-30-13-14-34(39(27-30)56-5)42(53)46-18-10-20-52-23-21-51(4)22-24-52/h8-9,11-17,19,25-28,50H,10,18,20-24H2,1-7H3,(H,45,47)(H,46,53)(H2,48,49,54). The average Bonchev–Trinajstić information content (AvgIpc) is 3.20. The molecule has 15 heteroatoms. The third kappa shape index (κ3) is 11.2. The summed E-state index contributed by atoms with van der Waals surface area (Å²) in [6.07, 6.45) is 4.05. The van der Waals surface area contributed by atoms with E-state index in [1.807, 2.05) is 42.5 Å². The molecule has 312 valence electrons. The number of piperazine rings is 1. The molecule has 1 aliphatic rings. The molecule has 14 nitrogen and oxygen atoms in total. The minimum atomic E-state index is -1.36. The first-order valence-corrected chi connectivity index (χ1v) is 21.1. The molecule has 1 atom stereocenters. The fourth-order valence-corrected chi connectivity index (χ4v) is 7.26. The van der Waals surface area contributed by atoms with Crippen LogP contribution in [0, 0.1) is 0 Å². The predicted molar refractivity (Wildman–Crippen MR) is 237 cm³/mol. The number of nitrogens with one attached hydrogen (secondary N) is 5. The maximum Gasteiger partial charge on any atom is 0.323 e. The molecule has 1 aliphatic heterocycles. The maximum absolute atomic E-state index is 13.5. The SMILES string of the molecule is COc1cc(Nc2cc(Oc3ccc(NC(=O)Nc4cc(C(C)(C)C)cc(NS(C)=O)c4OC)c4ccccc34)ccn2)ccc1C(=O)NCCCN1CCN(C)CC1. The molecule has 4 aromatic carbocycles. The Kier molecular flexibility index (Phi) is 13.9. The fraction of sp³-hybridized carbons (Fsp3) is 0.341. The van der Waals surface area contributed by atoms with E-state index in [0.29, 0.717) is 63.7 Å². The van der Waals surface area contributed by atoms with Gasteiger partial charge in [0, 0.05) is 73.8 Å². The number of hydrogen-bond acceptors (Lipinski definition) is 10. The Bertz CT molecular complexity index is 2310. The molecule has 5 N–H and O–H groups in total. The number of fused-ring (bicyclic) bond motifs is 1. The van der Waals surface area contributed by atoms with Crippen molar-refractivity contribution in [1.29, 1.82) is 0 Å². The first kappa shape index (κ1) is 42.7. The summed E-state index contributed by atoms with van der Waals surface area (Å²) in [6.45, 7) is 12.0. The number of amides is 3. The van der Waals surface area contributed by atoms with Crippen LogP contribution in [0.4, 0.5) is 33.4 Å². The van der Waals surface area contributed by atoms with Gasteiger partial charge in [0.25, 0.3) is 5.91 Å². The highest BCUT2D eigenvalue weighted by atomic mass is 32.2. The number of likely N-dealkylation sites (N-methyl/N-ethyl adjacent to an activating group) is 1. The fourth-order valence-electron chi connectivity index (χ4n) is 6.80. The molecule has 1 unspecified atom stereocenters. The van der Waals surface area contributed by atoms with Crippen molar-refractivity contribution < 1.29 is 28.0 Å². The van der Waals surface area contributed by atoms with E-state index in [-0.39, 0.29) is 11.3 Å². The van der Waals surface area contributed by atoms with Gasteiger partial charge in [0.15, 0.2) is 5.75 Å². The normalized spacial score (nSPS) is 13.9. The Morgan fingerprint density at radius 2 is 1.56 bits per heavy atom. The average molecular weight is 823 g/mol. The highest BCUT2D eigenvalue weighted by Crippen LogP contribution is 2.40. The Morgan fingerprint density at radius 3 is 2.27 bits per heavy atom. The number of ether oxygens (including phenoxy) is 3. The molecule has 1 fully saturated rings. The number of aromatic nitrogens is 1. The van der Waals surface area contributed by atoms with E-state index >= 15 is 0 Å². The lowest BCUT2D eigenvalue weighted by molar-refractivity contribution is 0.0946. The van der Waals surface area contributed by atoms with Crippen LogP contribution in [0.2, 0.25) is 0 Å². The number of anilines is 5. The van der Waals surface area contributed by atoms with E-state index in [0.717, 1.165) is 55.5 Å². The smallest absolute Gasteiger partial charge is 0.323 e. The zero-order valence-corrected chi connectivity index (χ0v) is 35.5. The first-order chi connectivity index (χ1) is 28.3. The van der Waals surface area contributed by atoms with Crippen LogP contribution < -0.4 is 40.2 Å². The third-order valence-corrected chi connectivity index (χ3v) is 10.5. The zero-order chi connectivity index (χ0) is 42.1. The minimum Gasteiger partial charge on any atom is -0.496 e. The van der Waals surface area contributed by atoms with Crippen LogP contribution in [-0.2, 0) is 16.4 Å². The molecule has 0 spiro atoms. The molecule has 5 aromatic rings. The van der Waals surface area contributed by atoms with E-state index in [9.17, 15) is 13.8 Å². The van der Waals surface area contributed by atoms with E-state index < -0.39 is 17.0 Å². The van der Waals surface area contributed by atoms with Crippen molar-refractivity contribution in [3.05, 3.63) is 96.2 Å². The van der Waals surface area contributed by atoms with E-state index in [1.54, 1.807) is 49.7 Å². The number of pyridine rings is 1. The zero-order valence-electron chi connectivity index (χ0n) is 34.7. The van der Waals surface area contributed by atoms with Crippen LogP contribution in [-0.4, -0.2) is 97.7 Å². The summed E-state index contributed by atoms with van der Waals surface area (Å²) in [5, 5.41) is 13.8. The lowest BCUT2D eigenvalue weighted by Crippen LogP contribution is -2.45. The monoisotopic (exact) mass is 822 g/mol. The number of benzene rings is 4. The van der Waals surface area contributed by atoms with Gasteiger partial charge in [0.05, 0.1) is 36.8 Å². The van der Waals surface area contributed by atoms with Crippen molar-refractivity contribution in [2.45, 2.75) is 32.6 Å². The van der Waals surface area contributed by atoms with Crippen LogP contribution in [0.25, 0.3) is 10.8 Å². The second kappa shape index (κ2) is 19.2. The molecular formula is C44H54N8O6S. The molecule has 0 bridgehead atoms. The van der Waals surface area contributed by atoms with Gasteiger partial charge in [-0.1, -0.05) is 45.0 Å². The van der Waals surface area contributed by atoms with Crippen LogP contribution in [0.15, 0.2) is 85.1 Å². The van der Waals surface area contributed by atoms with Gasteiger partial charge < -0.3 is 50.0 Å². The van der Waals surface area contributed by atoms with Crippen LogP contribution in [0.3, 0.4) is 0 Å². The van der Waals surface area contributed by atoms with Gasteiger partial charge >= 0.3 is 6.03 Å². The highest BCUT2D eigenvalue weighted by Gasteiger charge is 2.22. The molecule has 0 aliphatic carbocycles. The summed E-state index contributed by atoms with van der Waals surface area (Å²) in [6, 6.07) is 23.3. The Morgan fingerprint density at radius 1 is 0.831 bits per heavy atom. The van der Waals surface area contributed by atoms with Crippen molar-refractivity contribution in [2.75, 3.05) is 87.5 Å². The largest absolute Gasteiger partial charge is 0.496 e. The summed E-state index contributed by atoms with van der Waals surface area (Å²) in [5.41, 5.74) is 3.31. The van der Waals surface area contributed by atoms with Gasteiger partial charge in [0.1, 0.15) is 34.1 Å². The van der Waals surface area contributed by atoms with Gasteiger partial charge in [-0.25, -0.2) is 14.0 Å². The number of carbonyl (C=O) groups is 2. The van der Waals surface area contributed by atoms with E-state index in [4.69, 9.17) is 14.2 Å². The molecule has 0 radical (unpaired) electrons. The van der Waals surface area contributed by atoms with Gasteiger partial charge in [-0.05, 0) is 73.5 Å². The molecule has 0 saturated carbocycles. The number of rotatable bonds is 15. The van der Waals surface area contributed by atoms with Crippen LogP contribution in [0.1, 0.15) is 43.1 Å². The maximum atomic E-state index is 13.5. The van der Waals surface area contributed by atoms with Crippen LogP contribution >= 0.6 is 0 Å². The van der Waals surface area contributed by atoms with Crippen molar-refractivity contribution in [3.8, 4) is 23.0 Å². The third-order valence-electron chi connectivity index (χ3n) is 10.0. The first-order valence-electron chi connectivity index (χ1n) is 19.5. The molecule has 1 aromatic heterocycles. The van der Waals surface area contributed by atoms with E-state index in [1.165, 1.54) is 13.4 Å². The van der Waals surface area contributed by atoms with Crippen LogP contribution in [0.5, 0.6) is 23.0 Å². The van der Waals surface area contributed by atoms with Crippen molar-refractivity contribution in [2.24, 2.45) is 0 Å².